The van der Waals surface area contributed by atoms with Crippen molar-refractivity contribution in [2.24, 2.45) is 0 Å². The van der Waals surface area contributed by atoms with Crippen molar-refractivity contribution in [2.45, 2.75) is 123 Å². The molecule has 0 radical (unpaired) electrons. The first-order chi connectivity index (χ1) is 14.6. The molecule has 0 rings (SSSR count). The lowest BCUT2D eigenvalue weighted by molar-refractivity contribution is -0.161. The normalized spacial score (nSPS) is 12.2. The van der Waals surface area contributed by atoms with E-state index in [1.165, 1.54) is 44.9 Å². The number of unbranched alkanes of at least 4 members (excludes halogenated alkanes) is 11. The second kappa shape index (κ2) is 22.3. The largest absolute Gasteiger partial charge is 0.462 e. The predicted molar refractivity (Wildman–Crippen MR) is 122 cm³/mol. The average Bonchev–Trinajstić information content (AvgIpc) is 2.74. The van der Waals surface area contributed by atoms with Crippen molar-refractivity contribution in [1.29, 1.82) is 0 Å². The third kappa shape index (κ3) is 19.9. The Kier molecular flexibility index (Phi) is 21.3. The third-order valence-corrected chi connectivity index (χ3v) is 5.06. The number of carbonyl (C=O) groups is 2. The Hall–Kier alpha value is -1.36. The molecule has 0 saturated carbocycles. The molecule has 0 aromatic heterocycles. The summed E-state index contributed by atoms with van der Waals surface area (Å²) in [6.07, 6.45) is 20.3. The van der Waals surface area contributed by atoms with Gasteiger partial charge in [-0.3, -0.25) is 9.59 Å². The fourth-order valence-corrected chi connectivity index (χ4v) is 3.13. The highest BCUT2D eigenvalue weighted by Crippen LogP contribution is 2.10. The molecule has 1 atom stereocenters. The second-order valence-electron chi connectivity index (χ2n) is 8.06. The van der Waals surface area contributed by atoms with E-state index in [1.54, 1.807) is 0 Å². The Bertz CT molecular complexity index is 433. The molecule has 30 heavy (non-hydrogen) atoms. The Morgan fingerprint density at radius 2 is 1.23 bits per heavy atom. The number of rotatable bonds is 21. The second-order valence-corrected chi connectivity index (χ2v) is 8.06. The number of hydrogen-bond donors (Lipinski definition) is 1. The van der Waals surface area contributed by atoms with Crippen molar-refractivity contribution >= 4 is 11.9 Å². The molecule has 176 valence electrons. The standard InChI is InChI=1S/C25H46O5/c1-3-5-7-8-9-10-11-12-13-14-15-16-18-20-25(28)30-23(21-26)22-29-24(27)19-17-6-4-2/h10-11,23,26H,3-9,12-22H2,1-2H3/b11-10-. The van der Waals surface area contributed by atoms with Gasteiger partial charge in [-0.05, 0) is 38.5 Å². The molecule has 0 aliphatic heterocycles. The number of aliphatic hydroxyl groups is 1. The van der Waals surface area contributed by atoms with Crippen molar-refractivity contribution in [3.8, 4) is 0 Å². The van der Waals surface area contributed by atoms with Crippen LogP contribution in [0.15, 0.2) is 12.2 Å². The summed E-state index contributed by atoms with van der Waals surface area (Å²) in [5, 5.41) is 9.31. The minimum absolute atomic E-state index is 0.0701. The van der Waals surface area contributed by atoms with Crippen LogP contribution in [0.4, 0.5) is 0 Å². The van der Waals surface area contributed by atoms with Gasteiger partial charge < -0.3 is 14.6 Å². The summed E-state index contributed by atoms with van der Waals surface area (Å²) in [5.74, 6) is -0.633. The van der Waals surface area contributed by atoms with Crippen molar-refractivity contribution in [2.75, 3.05) is 13.2 Å². The van der Waals surface area contributed by atoms with Crippen molar-refractivity contribution in [1.82, 2.24) is 0 Å². The fraction of sp³-hybridized carbons (Fsp3) is 0.840. The lowest BCUT2D eigenvalue weighted by atomic mass is 10.1. The molecule has 0 aliphatic carbocycles. The zero-order chi connectivity index (χ0) is 22.3. The number of allylic oxidation sites excluding steroid dienone is 2. The number of carbonyl (C=O) groups excluding carboxylic acids is 2. The molecule has 0 fully saturated rings. The Labute approximate surface area is 184 Å². The summed E-state index contributed by atoms with van der Waals surface area (Å²) in [4.78, 5) is 23.5. The Balaban J connectivity index is 3.59. The van der Waals surface area contributed by atoms with Crippen LogP contribution in [0.1, 0.15) is 117 Å². The van der Waals surface area contributed by atoms with Crippen LogP contribution in [-0.4, -0.2) is 36.4 Å². The van der Waals surface area contributed by atoms with E-state index in [2.05, 4.69) is 26.0 Å². The van der Waals surface area contributed by atoms with E-state index in [0.717, 1.165) is 44.9 Å². The predicted octanol–water partition coefficient (Wildman–Crippen LogP) is 6.27. The van der Waals surface area contributed by atoms with Crippen LogP contribution >= 0.6 is 0 Å². The quantitative estimate of drug-likeness (QED) is 0.133. The zero-order valence-corrected chi connectivity index (χ0v) is 19.5. The molecule has 0 heterocycles. The zero-order valence-electron chi connectivity index (χ0n) is 19.5. The van der Waals surface area contributed by atoms with Gasteiger partial charge in [0.05, 0.1) is 6.61 Å². The van der Waals surface area contributed by atoms with Gasteiger partial charge in [0.25, 0.3) is 0 Å². The molecule has 1 unspecified atom stereocenters. The van der Waals surface area contributed by atoms with Gasteiger partial charge in [0, 0.05) is 12.8 Å². The van der Waals surface area contributed by atoms with Gasteiger partial charge in [-0.25, -0.2) is 0 Å². The summed E-state index contributed by atoms with van der Waals surface area (Å²) >= 11 is 0. The topological polar surface area (TPSA) is 72.8 Å². The molecular formula is C25H46O5. The highest BCUT2D eigenvalue weighted by atomic mass is 16.6. The van der Waals surface area contributed by atoms with Crippen LogP contribution < -0.4 is 0 Å². The number of ether oxygens (including phenoxy) is 2. The summed E-state index contributed by atoms with van der Waals surface area (Å²) in [6.45, 7) is 3.90. The molecule has 0 bridgehead atoms. The Morgan fingerprint density at radius 3 is 1.87 bits per heavy atom. The number of aliphatic hydroxyl groups excluding tert-OH is 1. The van der Waals surface area contributed by atoms with Gasteiger partial charge in [0.1, 0.15) is 6.61 Å². The van der Waals surface area contributed by atoms with Gasteiger partial charge in [0.15, 0.2) is 6.10 Å². The van der Waals surface area contributed by atoms with Crippen LogP contribution in [0.3, 0.4) is 0 Å². The molecule has 0 aromatic rings. The molecule has 5 heteroatoms. The summed E-state index contributed by atoms with van der Waals surface area (Å²) in [5.41, 5.74) is 0. The van der Waals surface area contributed by atoms with Gasteiger partial charge >= 0.3 is 11.9 Å². The monoisotopic (exact) mass is 426 g/mol. The van der Waals surface area contributed by atoms with Crippen LogP contribution in [-0.2, 0) is 19.1 Å². The maximum Gasteiger partial charge on any atom is 0.306 e. The molecule has 0 aromatic carbocycles. The third-order valence-electron chi connectivity index (χ3n) is 5.06. The van der Waals surface area contributed by atoms with Crippen LogP contribution in [0.5, 0.6) is 0 Å². The average molecular weight is 427 g/mol. The Morgan fingerprint density at radius 1 is 0.733 bits per heavy atom. The van der Waals surface area contributed by atoms with Gasteiger partial charge in [-0.2, -0.15) is 0 Å². The first-order valence-electron chi connectivity index (χ1n) is 12.2. The van der Waals surface area contributed by atoms with Crippen molar-refractivity contribution in [3.05, 3.63) is 12.2 Å². The van der Waals surface area contributed by atoms with Crippen LogP contribution in [0.2, 0.25) is 0 Å². The van der Waals surface area contributed by atoms with Gasteiger partial charge in [0.2, 0.25) is 0 Å². The van der Waals surface area contributed by atoms with E-state index >= 15 is 0 Å². The SMILES string of the molecule is CCCCCC/C=C\CCCCCCCC(=O)OC(CO)COC(=O)CCCCC. The molecule has 0 amide bonds. The first kappa shape index (κ1) is 28.6. The molecule has 0 aliphatic rings. The van der Waals surface area contributed by atoms with Crippen LogP contribution in [0.25, 0.3) is 0 Å². The van der Waals surface area contributed by atoms with E-state index in [0.29, 0.717) is 12.8 Å². The van der Waals surface area contributed by atoms with Gasteiger partial charge in [-0.1, -0.05) is 77.4 Å². The van der Waals surface area contributed by atoms with E-state index in [4.69, 9.17) is 9.47 Å². The first-order valence-corrected chi connectivity index (χ1v) is 12.2. The van der Waals surface area contributed by atoms with Crippen molar-refractivity contribution in [3.63, 3.8) is 0 Å². The number of hydrogen-bond acceptors (Lipinski definition) is 5. The van der Waals surface area contributed by atoms with E-state index in [9.17, 15) is 14.7 Å². The summed E-state index contributed by atoms with van der Waals surface area (Å²) in [6, 6.07) is 0. The van der Waals surface area contributed by atoms with E-state index in [1.807, 2.05) is 0 Å². The maximum atomic E-state index is 11.9. The fourth-order valence-electron chi connectivity index (χ4n) is 3.13. The lowest BCUT2D eigenvalue weighted by Crippen LogP contribution is -2.28. The lowest BCUT2D eigenvalue weighted by Gasteiger charge is -2.15. The molecular weight excluding hydrogens is 380 g/mol. The van der Waals surface area contributed by atoms with Crippen molar-refractivity contribution < 1.29 is 24.2 Å². The summed E-state index contributed by atoms with van der Waals surface area (Å²) < 4.78 is 10.3. The smallest absolute Gasteiger partial charge is 0.306 e. The number of esters is 2. The van der Waals surface area contributed by atoms with Gasteiger partial charge in [-0.15, -0.1) is 0 Å². The maximum absolute atomic E-state index is 11.9. The molecule has 0 spiro atoms. The summed E-state index contributed by atoms with van der Waals surface area (Å²) in [7, 11) is 0. The minimum atomic E-state index is -0.763. The molecule has 5 nitrogen and oxygen atoms in total. The highest BCUT2D eigenvalue weighted by molar-refractivity contribution is 5.70. The molecule has 0 saturated heterocycles. The highest BCUT2D eigenvalue weighted by Gasteiger charge is 2.15. The molecule has 1 N–H and O–H groups in total. The van der Waals surface area contributed by atoms with Crippen LogP contribution in [0, 0.1) is 0 Å². The van der Waals surface area contributed by atoms with E-state index in [-0.39, 0.29) is 25.2 Å². The van der Waals surface area contributed by atoms with E-state index < -0.39 is 6.10 Å². The minimum Gasteiger partial charge on any atom is -0.462 e.